The van der Waals surface area contributed by atoms with Crippen LogP contribution in [0.4, 0.5) is 0 Å². The minimum absolute atomic E-state index is 0.0201. The van der Waals surface area contributed by atoms with Crippen LogP contribution in [0.1, 0.15) is 29.0 Å². The summed E-state index contributed by atoms with van der Waals surface area (Å²) in [5.74, 6) is 1.88. The third-order valence-corrected chi connectivity index (χ3v) is 15.8. The van der Waals surface area contributed by atoms with Crippen LogP contribution in [0.3, 0.4) is 0 Å². The van der Waals surface area contributed by atoms with E-state index in [0.717, 1.165) is 73.2 Å². The van der Waals surface area contributed by atoms with Gasteiger partial charge in [0.2, 0.25) is 0 Å². The van der Waals surface area contributed by atoms with Gasteiger partial charge >= 0.3 is 0 Å². The Hall–Kier alpha value is -8.51. The molecule has 3 aromatic heterocycles. The van der Waals surface area contributed by atoms with Gasteiger partial charge < -0.3 is 4.42 Å². The standard InChI is InChI=1S/C64H39N3OS/c1-2-15-40-31-53-43(30-39(40)14-1)25-29-51(60-47-20-8-6-13-38(47)24-28-50(53)60)55-33-45(34-56-54-32-41-16-3-4-17-42(41)35-57(54)68-61(55)56)63-65-62(44-26-27-49-48-21-9-10-23-58(48)69-59(49)36-44)66-64(67-63)52-22-11-18-37-12-5-7-19-46(37)52/h1-24,26-28,30-36,51H,25,29H2/t51-/m0/s1. The minimum atomic E-state index is -0.0201. The van der Waals surface area contributed by atoms with Gasteiger partial charge in [-0.2, -0.15) is 0 Å². The van der Waals surface area contributed by atoms with Crippen molar-refractivity contribution in [2.24, 2.45) is 0 Å². The predicted octanol–water partition coefficient (Wildman–Crippen LogP) is 17.5. The molecular weight excluding hydrogens is 859 g/mol. The molecular formula is C64H39N3OS. The molecule has 0 N–H and O–H groups in total. The van der Waals surface area contributed by atoms with E-state index in [-0.39, 0.29) is 5.92 Å². The van der Waals surface area contributed by atoms with Crippen LogP contribution in [-0.2, 0) is 6.42 Å². The molecule has 0 amide bonds. The minimum Gasteiger partial charge on any atom is -0.456 e. The first-order valence-corrected chi connectivity index (χ1v) is 24.6. The lowest BCUT2D eigenvalue weighted by Crippen LogP contribution is -2.05. The van der Waals surface area contributed by atoms with E-state index in [1.807, 2.05) is 0 Å². The molecule has 1 atom stereocenters. The maximum absolute atomic E-state index is 7.19. The topological polar surface area (TPSA) is 51.8 Å². The molecule has 0 saturated carbocycles. The third-order valence-electron chi connectivity index (χ3n) is 14.7. The van der Waals surface area contributed by atoms with Crippen molar-refractivity contribution in [3.63, 3.8) is 0 Å². The molecule has 69 heavy (non-hydrogen) atoms. The molecule has 0 unspecified atom stereocenters. The molecule has 15 rings (SSSR count). The van der Waals surface area contributed by atoms with Crippen LogP contribution in [0.15, 0.2) is 211 Å². The summed E-state index contributed by atoms with van der Waals surface area (Å²) in [5.41, 5.74) is 11.0. The van der Waals surface area contributed by atoms with Crippen LogP contribution >= 0.6 is 11.3 Å². The van der Waals surface area contributed by atoms with Crippen molar-refractivity contribution in [3.8, 4) is 45.3 Å². The van der Waals surface area contributed by atoms with Crippen LogP contribution in [0.25, 0.3) is 130 Å². The summed E-state index contributed by atoms with van der Waals surface area (Å²) in [7, 11) is 0. The number of hydrogen-bond acceptors (Lipinski definition) is 5. The third kappa shape index (κ3) is 6.10. The first-order chi connectivity index (χ1) is 34.1. The summed E-state index contributed by atoms with van der Waals surface area (Å²) in [5, 5.41) is 14.2. The Morgan fingerprint density at radius 2 is 1.03 bits per heavy atom. The normalized spacial score (nSPS) is 13.8. The van der Waals surface area contributed by atoms with E-state index in [0.29, 0.717) is 17.5 Å². The second-order valence-corrected chi connectivity index (χ2v) is 19.7. The first kappa shape index (κ1) is 38.6. The Balaban J connectivity index is 1.02. The quantitative estimate of drug-likeness (QED) is 0.177. The fourth-order valence-corrected chi connectivity index (χ4v) is 12.6. The van der Waals surface area contributed by atoms with Gasteiger partial charge in [0.1, 0.15) is 11.2 Å². The Morgan fingerprint density at radius 3 is 1.86 bits per heavy atom. The van der Waals surface area contributed by atoms with Crippen LogP contribution < -0.4 is 0 Å². The van der Waals surface area contributed by atoms with Gasteiger partial charge in [0.25, 0.3) is 0 Å². The zero-order valence-electron chi connectivity index (χ0n) is 37.3. The highest BCUT2D eigenvalue weighted by molar-refractivity contribution is 7.25. The summed E-state index contributed by atoms with van der Waals surface area (Å²) >= 11 is 1.81. The van der Waals surface area contributed by atoms with Crippen molar-refractivity contribution in [3.05, 3.63) is 223 Å². The van der Waals surface area contributed by atoms with Crippen LogP contribution in [-0.4, -0.2) is 15.0 Å². The maximum atomic E-state index is 7.19. The monoisotopic (exact) mass is 897 g/mol. The molecule has 0 fully saturated rings. The highest BCUT2D eigenvalue weighted by Crippen LogP contribution is 2.49. The number of benzene rings is 11. The second-order valence-electron chi connectivity index (χ2n) is 18.6. The Kier molecular flexibility index (Phi) is 8.39. The molecule has 4 nitrogen and oxygen atoms in total. The van der Waals surface area contributed by atoms with Gasteiger partial charge in [-0.25, -0.2) is 15.0 Å². The molecule has 0 radical (unpaired) electrons. The molecule has 0 aliphatic heterocycles. The van der Waals surface area contributed by atoms with Gasteiger partial charge in [-0.3, -0.25) is 0 Å². The fraction of sp³-hybridized carbons (Fsp3) is 0.0469. The number of rotatable bonds is 4. The largest absolute Gasteiger partial charge is 0.456 e. The van der Waals surface area contributed by atoms with E-state index in [1.54, 1.807) is 11.3 Å². The molecule has 0 spiro atoms. The van der Waals surface area contributed by atoms with Gasteiger partial charge in [0.05, 0.1) is 0 Å². The van der Waals surface area contributed by atoms with E-state index in [2.05, 4.69) is 206 Å². The van der Waals surface area contributed by atoms with Gasteiger partial charge in [0.15, 0.2) is 17.5 Å². The van der Waals surface area contributed by atoms with Crippen molar-refractivity contribution in [1.82, 2.24) is 15.0 Å². The molecule has 3 heterocycles. The van der Waals surface area contributed by atoms with Crippen molar-refractivity contribution in [2.45, 2.75) is 18.8 Å². The Bertz CT molecular complexity index is 4460. The zero-order chi connectivity index (χ0) is 45.2. The van der Waals surface area contributed by atoms with Gasteiger partial charge in [-0.1, -0.05) is 164 Å². The first-order valence-electron chi connectivity index (χ1n) is 23.7. The van der Waals surface area contributed by atoms with Crippen molar-refractivity contribution in [1.29, 1.82) is 0 Å². The lowest BCUT2D eigenvalue weighted by atomic mass is 9.81. The summed E-state index contributed by atoms with van der Waals surface area (Å²) in [6, 6.07) is 75.0. The summed E-state index contributed by atoms with van der Waals surface area (Å²) in [6.45, 7) is 0. The van der Waals surface area contributed by atoms with E-state index in [4.69, 9.17) is 19.4 Å². The lowest BCUT2D eigenvalue weighted by Gasteiger charge is -2.22. The number of nitrogens with zero attached hydrogens (tertiary/aromatic N) is 3. The predicted molar refractivity (Wildman–Crippen MR) is 288 cm³/mol. The Morgan fingerprint density at radius 1 is 0.391 bits per heavy atom. The average molecular weight is 898 g/mol. The number of thiophene rings is 1. The maximum Gasteiger partial charge on any atom is 0.164 e. The summed E-state index contributed by atoms with van der Waals surface area (Å²) in [6.07, 6.45) is 1.80. The fourth-order valence-electron chi connectivity index (χ4n) is 11.4. The SMILES string of the molecule is c1ccc2cc3c(cc2c1)CC[C@@H](c1cc(-c2nc(-c4ccc5c(c4)sc4ccccc45)nc(-c4cccc5ccccc45)n2)cc2c1oc1cc4ccccc4cc12)c1c-3ccc2ccccc12. The second kappa shape index (κ2) is 15.0. The molecule has 14 aromatic rings. The van der Waals surface area contributed by atoms with Crippen molar-refractivity contribution >= 4 is 96.5 Å². The highest BCUT2D eigenvalue weighted by atomic mass is 32.1. The van der Waals surface area contributed by atoms with E-state index < -0.39 is 0 Å². The van der Waals surface area contributed by atoms with E-state index >= 15 is 0 Å². The number of aromatic nitrogens is 3. The molecule has 1 aliphatic rings. The average Bonchev–Trinajstić information content (AvgIpc) is 3.91. The van der Waals surface area contributed by atoms with Crippen LogP contribution in [0.5, 0.6) is 0 Å². The number of fused-ring (bicyclic) bond motifs is 14. The summed E-state index contributed by atoms with van der Waals surface area (Å²) in [4.78, 5) is 16.3. The van der Waals surface area contributed by atoms with Crippen LogP contribution in [0, 0.1) is 0 Å². The molecule has 322 valence electrons. The number of hydrogen-bond donors (Lipinski definition) is 0. The van der Waals surface area contributed by atoms with Crippen LogP contribution in [0.2, 0.25) is 0 Å². The van der Waals surface area contributed by atoms with E-state index in [9.17, 15) is 0 Å². The highest BCUT2D eigenvalue weighted by Gasteiger charge is 2.30. The lowest BCUT2D eigenvalue weighted by molar-refractivity contribution is 0.648. The van der Waals surface area contributed by atoms with Crippen molar-refractivity contribution < 1.29 is 4.42 Å². The molecule has 0 bridgehead atoms. The molecule has 11 aromatic carbocycles. The smallest absolute Gasteiger partial charge is 0.164 e. The zero-order valence-corrected chi connectivity index (χ0v) is 38.1. The molecule has 1 aliphatic carbocycles. The van der Waals surface area contributed by atoms with Gasteiger partial charge in [0, 0.05) is 59.1 Å². The molecule has 5 heteroatoms. The Labute approximate surface area is 400 Å². The molecule has 0 saturated heterocycles. The van der Waals surface area contributed by atoms with Crippen molar-refractivity contribution in [2.75, 3.05) is 0 Å². The number of furan rings is 1. The van der Waals surface area contributed by atoms with E-state index in [1.165, 1.54) is 69.4 Å². The van der Waals surface area contributed by atoms with Gasteiger partial charge in [-0.15, -0.1) is 11.3 Å². The van der Waals surface area contributed by atoms with Gasteiger partial charge in [-0.05, 0) is 121 Å². The summed E-state index contributed by atoms with van der Waals surface area (Å²) < 4.78 is 9.66. The number of aryl methyl sites for hydroxylation is 1.